The second-order valence-electron chi connectivity index (χ2n) is 3.24. The Morgan fingerprint density at radius 1 is 1.44 bits per heavy atom. The Balaban J connectivity index is 2.93. The maximum Gasteiger partial charge on any atom is 0.161 e. The van der Waals surface area contributed by atoms with Crippen LogP contribution in [0.4, 0.5) is 0 Å². The van der Waals surface area contributed by atoms with Crippen molar-refractivity contribution < 1.29 is 14.3 Å². The van der Waals surface area contributed by atoms with Crippen LogP contribution in [0.1, 0.15) is 17.3 Å². The van der Waals surface area contributed by atoms with E-state index < -0.39 is 0 Å². The molecule has 0 amide bonds. The Kier molecular flexibility index (Phi) is 3.88. The van der Waals surface area contributed by atoms with Gasteiger partial charge in [-0.25, -0.2) is 0 Å². The number of methoxy groups -OCH3 is 1. The quantitative estimate of drug-likeness (QED) is 0.445. The number of benzene rings is 1. The number of ketones is 1. The zero-order valence-corrected chi connectivity index (χ0v) is 9.24. The number of amidine groups is 1. The second-order valence-corrected chi connectivity index (χ2v) is 3.24. The Bertz CT molecular complexity index is 416. The Hall–Kier alpha value is -2.04. The molecule has 0 atom stereocenters. The van der Waals surface area contributed by atoms with E-state index in [-0.39, 0.29) is 18.2 Å². The molecule has 1 aromatic carbocycles. The first-order valence-corrected chi connectivity index (χ1v) is 4.69. The molecule has 5 nitrogen and oxygen atoms in total. The summed E-state index contributed by atoms with van der Waals surface area (Å²) in [5.41, 5.74) is 5.72. The van der Waals surface area contributed by atoms with Gasteiger partial charge in [0.25, 0.3) is 0 Å². The number of carbonyl (C=O) groups is 1. The maximum atomic E-state index is 11.1. The first-order chi connectivity index (χ1) is 7.54. The summed E-state index contributed by atoms with van der Waals surface area (Å²) in [5.74, 6) is 0.797. The molecule has 0 fully saturated rings. The number of hydrogen-bond donors (Lipinski definition) is 2. The van der Waals surface area contributed by atoms with Crippen LogP contribution in [-0.4, -0.2) is 25.3 Å². The number of rotatable bonds is 5. The van der Waals surface area contributed by atoms with Crippen LogP contribution in [0.3, 0.4) is 0 Å². The minimum absolute atomic E-state index is 0.00419. The van der Waals surface area contributed by atoms with E-state index in [0.29, 0.717) is 17.1 Å². The van der Waals surface area contributed by atoms with Gasteiger partial charge < -0.3 is 15.2 Å². The molecule has 1 aromatic rings. The summed E-state index contributed by atoms with van der Waals surface area (Å²) < 4.78 is 10.3. The van der Waals surface area contributed by atoms with Gasteiger partial charge in [-0.15, -0.1) is 0 Å². The molecule has 5 heteroatoms. The fraction of sp³-hybridized carbons (Fsp3) is 0.273. The van der Waals surface area contributed by atoms with E-state index in [2.05, 4.69) is 0 Å². The highest BCUT2D eigenvalue weighted by Gasteiger charge is 2.08. The molecule has 0 radical (unpaired) electrons. The van der Waals surface area contributed by atoms with Gasteiger partial charge in [0.15, 0.2) is 17.3 Å². The van der Waals surface area contributed by atoms with Crippen LogP contribution >= 0.6 is 0 Å². The SMILES string of the molecule is COc1cc(C(C)=O)ccc1OCC(=N)N. The molecule has 0 aliphatic heterocycles. The van der Waals surface area contributed by atoms with Crippen molar-refractivity contribution in [2.75, 3.05) is 13.7 Å². The van der Waals surface area contributed by atoms with Crippen molar-refractivity contribution in [3.8, 4) is 11.5 Å². The van der Waals surface area contributed by atoms with Crippen molar-refractivity contribution in [1.29, 1.82) is 5.41 Å². The minimum Gasteiger partial charge on any atom is -0.493 e. The third kappa shape index (κ3) is 2.98. The molecular weight excluding hydrogens is 208 g/mol. The highest BCUT2D eigenvalue weighted by Crippen LogP contribution is 2.28. The van der Waals surface area contributed by atoms with Crippen LogP contribution in [0.25, 0.3) is 0 Å². The van der Waals surface area contributed by atoms with Gasteiger partial charge in [0.2, 0.25) is 0 Å². The van der Waals surface area contributed by atoms with E-state index in [1.54, 1.807) is 18.2 Å². The Labute approximate surface area is 93.7 Å². The van der Waals surface area contributed by atoms with Gasteiger partial charge in [0.1, 0.15) is 12.4 Å². The smallest absolute Gasteiger partial charge is 0.161 e. The highest BCUT2D eigenvalue weighted by molar-refractivity contribution is 5.94. The van der Waals surface area contributed by atoms with Crippen LogP contribution in [0.2, 0.25) is 0 Å². The topological polar surface area (TPSA) is 85.4 Å². The second kappa shape index (κ2) is 5.16. The standard InChI is InChI=1S/C11H14N2O3/c1-7(14)8-3-4-9(10(5-8)15-2)16-6-11(12)13/h3-5H,6H2,1-2H3,(H3,12,13). The molecule has 0 spiro atoms. The van der Waals surface area contributed by atoms with Gasteiger partial charge in [0.05, 0.1) is 7.11 Å². The van der Waals surface area contributed by atoms with E-state index in [9.17, 15) is 4.79 Å². The van der Waals surface area contributed by atoms with Crippen LogP contribution in [0.15, 0.2) is 18.2 Å². The van der Waals surface area contributed by atoms with Gasteiger partial charge in [-0.3, -0.25) is 10.2 Å². The summed E-state index contributed by atoms with van der Waals surface area (Å²) in [6.07, 6.45) is 0. The number of ether oxygens (including phenoxy) is 2. The van der Waals surface area contributed by atoms with Gasteiger partial charge in [0, 0.05) is 5.56 Å². The van der Waals surface area contributed by atoms with Crippen molar-refractivity contribution in [3.05, 3.63) is 23.8 Å². The first kappa shape index (κ1) is 12.0. The summed E-state index contributed by atoms with van der Waals surface area (Å²) in [4.78, 5) is 11.1. The molecule has 0 aromatic heterocycles. The zero-order valence-electron chi connectivity index (χ0n) is 9.24. The molecule has 0 aliphatic rings. The van der Waals surface area contributed by atoms with Crippen molar-refractivity contribution >= 4 is 11.6 Å². The van der Waals surface area contributed by atoms with Crippen molar-refractivity contribution in [2.45, 2.75) is 6.92 Å². The fourth-order valence-electron chi connectivity index (χ4n) is 1.16. The summed E-state index contributed by atoms with van der Waals surface area (Å²) in [5, 5.41) is 7.04. The van der Waals surface area contributed by atoms with Gasteiger partial charge >= 0.3 is 0 Å². The van der Waals surface area contributed by atoms with E-state index >= 15 is 0 Å². The molecule has 0 saturated carbocycles. The molecule has 0 aliphatic carbocycles. The molecular formula is C11H14N2O3. The summed E-state index contributed by atoms with van der Waals surface area (Å²) in [6, 6.07) is 4.86. The predicted octanol–water partition coefficient (Wildman–Crippen LogP) is 1.21. The zero-order chi connectivity index (χ0) is 12.1. The van der Waals surface area contributed by atoms with E-state index in [1.165, 1.54) is 14.0 Å². The average Bonchev–Trinajstić information content (AvgIpc) is 2.25. The number of nitrogens with one attached hydrogen (secondary N) is 1. The lowest BCUT2D eigenvalue weighted by molar-refractivity contribution is 0.101. The van der Waals surface area contributed by atoms with E-state index in [4.69, 9.17) is 20.6 Å². The first-order valence-electron chi connectivity index (χ1n) is 4.69. The lowest BCUT2D eigenvalue weighted by atomic mass is 10.1. The molecule has 0 bridgehead atoms. The van der Waals surface area contributed by atoms with Gasteiger partial charge in [-0.2, -0.15) is 0 Å². The molecule has 16 heavy (non-hydrogen) atoms. The molecule has 0 heterocycles. The highest BCUT2D eigenvalue weighted by atomic mass is 16.5. The Morgan fingerprint density at radius 2 is 2.12 bits per heavy atom. The van der Waals surface area contributed by atoms with Crippen molar-refractivity contribution in [2.24, 2.45) is 5.73 Å². The lowest BCUT2D eigenvalue weighted by Gasteiger charge is -2.10. The third-order valence-corrected chi connectivity index (χ3v) is 1.95. The maximum absolute atomic E-state index is 11.1. The summed E-state index contributed by atoms with van der Waals surface area (Å²) in [6.45, 7) is 1.47. The third-order valence-electron chi connectivity index (χ3n) is 1.95. The molecule has 3 N–H and O–H groups in total. The number of Topliss-reactive ketones (excluding diaryl/α,β-unsaturated/α-hetero) is 1. The summed E-state index contributed by atoms with van der Waals surface area (Å²) in [7, 11) is 1.49. The van der Waals surface area contributed by atoms with Gasteiger partial charge in [-0.05, 0) is 25.1 Å². The van der Waals surface area contributed by atoms with Crippen molar-refractivity contribution in [1.82, 2.24) is 0 Å². The monoisotopic (exact) mass is 222 g/mol. The molecule has 1 rings (SSSR count). The normalized spacial score (nSPS) is 9.62. The molecule has 0 saturated heterocycles. The van der Waals surface area contributed by atoms with E-state index in [1.807, 2.05) is 0 Å². The molecule has 0 unspecified atom stereocenters. The number of carbonyl (C=O) groups excluding carboxylic acids is 1. The fourth-order valence-corrected chi connectivity index (χ4v) is 1.16. The number of nitrogens with two attached hydrogens (primary N) is 1. The lowest BCUT2D eigenvalue weighted by Crippen LogP contribution is -2.19. The van der Waals surface area contributed by atoms with Gasteiger partial charge in [-0.1, -0.05) is 0 Å². The average molecular weight is 222 g/mol. The summed E-state index contributed by atoms with van der Waals surface area (Å²) >= 11 is 0. The van der Waals surface area contributed by atoms with Crippen molar-refractivity contribution in [3.63, 3.8) is 0 Å². The minimum atomic E-state index is -0.0716. The molecule has 86 valence electrons. The largest absolute Gasteiger partial charge is 0.493 e. The van der Waals surface area contributed by atoms with E-state index in [0.717, 1.165) is 0 Å². The number of hydrogen-bond acceptors (Lipinski definition) is 4. The van der Waals surface area contributed by atoms with Crippen LogP contribution in [-0.2, 0) is 0 Å². The van der Waals surface area contributed by atoms with Crippen LogP contribution < -0.4 is 15.2 Å². The predicted molar refractivity (Wildman–Crippen MR) is 60.4 cm³/mol. The van der Waals surface area contributed by atoms with Crippen LogP contribution in [0.5, 0.6) is 11.5 Å². The Morgan fingerprint density at radius 3 is 2.62 bits per heavy atom. The van der Waals surface area contributed by atoms with Crippen LogP contribution in [0, 0.1) is 5.41 Å².